The van der Waals surface area contributed by atoms with Gasteiger partial charge in [-0.2, -0.15) is 0 Å². The van der Waals surface area contributed by atoms with E-state index in [-0.39, 0.29) is 12.4 Å². The van der Waals surface area contributed by atoms with Gasteiger partial charge in [0.15, 0.2) is 0 Å². The van der Waals surface area contributed by atoms with Crippen LogP contribution in [-0.4, -0.2) is 0 Å². The van der Waals surface area contributed by atoms with Crippen molar-refractivity contribution in [3.05, 3.63) is 57.6 Å². The first-order valence-electron chi connectivity index (χ1n) is 12.4. The van der Waals surface area contributed by atoms with Gasteiger partial charge in [0.05, 0.1) is 0 Å². The van der Waals surface area contributed by atoms with Crippen LogP contribution in [-0.2, 0) is 0 Å². The van der Waals surface area contributed by atoms with Crippen molar-refractivity contribution < 1.29 is 0 Å². The van der Waals surface area contributed by atoms with E-state index in [2.05, 4.69) is 107 Å². The van der Waals surface area contributed by atoms with Crippen LogP contribution < -0.4 is 10.6 Å². The van der Waals surface area contributed by atoms with Crippen LogP contribution >= 0.6 is 21.0 Å². The molecule has 2 heteroatoms. The summed E-state index contributed by atoms with van der Waals surface area (Å²) in [6.07, 6.45) is 0. The van der Waals surface area contributed by atoms with Crippen molar-refractivity contribution in [1.82, 2.24) is 0 Å². The number of benzene rings is 2. The lowest BCUT2D eigenvalue weighted by molar-refractivity contribution is 0.811. The highest BCUT2D eigenvalue weighted by molar-refractivity contribution is 7.56. The lowest BCUT2D eigenvalue weighted by Gasteiger charge is -2.26. The molecule has 2 aromatic carbocycles. The van der Waals surface area contributed by atoms with E-state index in [9.17, 15) is 0 Å². The van der Waals surface area contributed by atoms with Crippen LogP contribution in [0.2, 0.25) is 0 Å². The molecule has 0 saturated carbocycles. The molecule has 0 aliphatic heterocycles. The quantitative estimate of drug-likeness (QED) is 0.334. The summed E-state index contributed by atoms with van der Waals surface area (Å²) in [7, 11) is 1.39. The second kappa shape index (κ2) is 12.0. The molecule has 0 amide bonds. The Morgan fingerprint density at radius 3 is 0.781 bits per heavy atom. The zero-order valence-corrected chi connectivity index (χ0v) is 24.3. The smallest absolute Gasteiger partial charge is 0.00768 e. The maximum absolute atomic E-state index is 2.50. The molecule has 0 aliphatic rings. The molecule has 0 spiro atoms. The van der Waals surface area contributed by atoms with E-state index in [1.165, 1.54) is 42.0 Å². The van der Waals surface area contributed by atoms with Gasteiger partial charge in [-0.1, -0.05) is 107 Å². The van der Waals surface area contributed by atoms with Crippen molar-refractivity contribution in [2.45, 2.75) is 119 Å². The molecule has 32 heavy (non-hydrogen) atoms. The molecule has 2 aromatic rings. The summed E-state index contributed by atoms with van der Waals surface area (Å²) in [6.45, 7) is 28.1. The molecule has 179 valence electrons. The topological polar surface area (TPSA) is 0 Å². The van der Waals surface area contributed by atoms with Gasteiger partial charge >= 0.3 is 0 Å². The third-order valence-electron chi connectivity index (χ3n) is 6.43. The Balaban J connectivity index is 0.00000512. The first kappa shape index (κ1) is 29.2. The Kier molecular flexibility index (Phi) is 11.0. The van der Waals surface area contributed by atoms with Crippen molar-refractivity contribution in [1.29, 1.82) is 0 Å². The highest BCUT2D eigenvalue weighted by Crippen LogP contribution is 2.35. The van der Waals surface area contributed by atoms with E-state index in [4.69, 9.17) is 0 Å². The lowest BCUT2D eigenvalue weighted by atomic mass is 9.89. The third kappa shape index (κ3) is 6.61. The van der Waals surface area contributed by atoms with E-state index >= 15 is 0 Å². The zero-order valence-electron chi connectivity index (χ0n) is 22.6. The van der Waals surface area contributed by atoms with Crippen LogP contribution in [0.4, 0.5) is 0 Å². The van der Waals surface area contributed by atoms with Gasteiger partial charge in [0, 0.05) is 0 Å². The molecule has 0 atom stereocenters. The summed E-state index contributed by atoms with van der Waals surface area (Å²) in [5.74, 6) is 3.22. The summed E-state index contributed by atoms with van der Waals surface area (Å²) in [4.78, 5) is 0. The summed E-state index contributed by atoms with van der Waals surface area (Å²) in [5, 5.41) is 3.10. The zero-order chi connectivity index (χ0) is 23.6. The van der Waals surface area contributed by atoms with Gasteiger partial charge in [-0.3, -0.25) is 0 Å². The second-order valence-electron chi connectivity index (χ2n) is 11.1. The fourth-order valence-corrected chi connectivity index (χ4v) is 6.24. The number of hydrogen-bond acceptors (Lipinski definition) is 0. The van der Waals surface area contributed by atoms with Gasteiger partial charge < -0.3 is 0 Å². The standard InChI is InChI=1S/C30H46P.ClH/c1-17(2)23-13-25(19(5)6)29(26(14-23)20(7)8)31-30-27(21(9)10)15-24(18(3)4)16-28(30)22(11)12;/h13-22H,1-12H3;1H. The minimum atomic E-state index is 0. The summed E-state index contributed by atoms with van der Waals surface area (Å²) >= 11 is 0. The van der Waals surface area contributed by atoms with Crippen LogP contribution in [0.15, 0.2) is 24.3 Å². The van der Waals surface area contributed by atoms with Gasteiger partial charge in [-0.15, -0.1) is 12.4 Å². The highest BCUT2D eigenvalue weighted by atomic mass is 35.5. The molecule has 0 bridgehead atoms. The monoisotopic (exact) mass is 473 g/mol. The normalized spacial score (nSPS) is 12.1. The Morgan fingerprint density at radius 2 is 0.625 bits per heavy atom. The maximum atomic E-state index is 2.50. The predicted molar refractivity (Wildman–Crippen MR) is 151 cm³/mol. The van der Waals surface area contributed by atoms with Crippen molar-refractivity contribution in [3.63, 3.8) is 0 Å². The SMILES string of the molecule is CC(C)c1cc(C(C)C)c([P]c2c(C(C)C)cc(C(C)C)cc2C(C)C)c(C(C)C)c1.Cl. The molecule has 0 aliphatic carbocycles. The molecule has 0 aromatic heterocycles. The molecule has 0 heterocycles. The minimum Gasteiger partial charge on any atom is -0.147 e. The minimum absolute atomic E-state index is 0. The van der Waals surface area contributed by atoms with Crippen molar-refractivity contribution in [2.75, 3.05) is 0 Å². The molecule has 2 rings (SSSR count). The second-order valence-corrected chi connectivity index (χ2v) is 12.3. The third-order valence-corrected chi connectivity index (χ3v) is 7.91. The Bertz CT molecular complexity index is 756. The van der Waals surface area contributed by atoms with Crippen molar-refractivity contribution in [2.24, 2.45) is 0 Å². The number of hydrogen-bond donors (Lipinski definition) is 0. The van der Waals surface area contributed by atoms with Gasteiger partial charge in [0.25, 0.3) is 0 Å². The fourth-order valence-electron chi connectivity index (χ4n) is 4.21. The van der Waals surface area contributed by atoms with Gasteiger partial charge in [0.1, 0.15) is 0 Å². The molecule has 1 radical (unpaired) electrons. The fraction of sp³-hybridized carbons (Fsp3) is 0.600. The molecule has 0 unspecified atom stereocenters. The average Bonchev–Trinajstić information content (AvgIpc) is 2.66. The largest absolute Gasteiger partial charge is 0.147 e. The first-order chi connectivity index (χ1) is 14.3. The number of rotatable bonds is 8. The molecular weight excluding hydrogens is 427 g/mol. The van der Waals surface area contributed by atoms with Crippen molar-refractivity contribution in [3.8, 4) is 0 Å². The molecular formula is C30H47ClP. The summed E-state index contributed by atoms with van der Waals surface area (Å²) < 4.78 is 0. The summed E-state index contributed by atoms with van der Waals surface area (Å²) in [5.41, 5.74) is 9.11. The van der Waals surface area contributed by atoms with Crippen LogP contribution in [0.1, 0.15) is 152 Å². The van der Waals surface area contributed by atoms with Gasteiger partial charge in [-0.25, -0.2) is 0 Å². The highest BCUT2D eigenvalue weighted by Gasteiger charge is 2.23. The average molecular weight is 474 g/mol. The van der Waals surface area contributed by atoms with Crippen LogP contribution in [0, 0.1) is 0 Å². The summed E-state index contributed by atoms with van der Waals surface area (Å²) in [6, 6.07) is 9.98. The van der Waals surface area contributed by atoms with E-state index < -0.39 is 0 Å². The molecule has 0 fully saturated rings. The van der Waals surface area contributed by atoms with Crippen LogP contribution in [0.5, 0.6) is 0 Å². The molecule has 0 saturated heterocycles. The van der Waals surface area contributed by atoms with Crippen LogP contribution in [0.3, 0.4) is 0 Å². The Morgan fingerprint density at radius 1 is 0.406 bits per heavy atom. The Labute approximate surface area is 207 Å². The van der Waals surface area contributed by atoms with E-state index in [0.717, 1.165) is 0 Å². The number of halogens is 1. The first-order valence-corrected chi connectivity index (χ1v) is 13.3. The van der Waals surface area contributed by atoms with Gasteiger partial charge in [0.2, 0.25) is 0 Å². The van der Waals surface area contributed by atoms with Crippen LogP contribution in [0.25, 0.3) is 0 Å². The lowest BCUT2D eigenvalue weighted by Crippen LogP contribution is -2.23. The van der Waals surface area contributed by atoms with Crippen molar-refractivity contribution >= 4 is 31.6 Å². The molecule has 0 nitrogen and oxygen atoms in total. The maximum Gasteiger partial charge on any atom is -0.00768 e. The van der Waals surface area contributed by atoms with Gasteiger partial charge in [-0.05, 0) is 88.1 Å². The van der Waals surface area contributed by atoms with E-state index in [1.807, 2.05) is 0 Å². The molecule has 0 N–H and O–H groups in total. The van der Waals surface area contributed by atoms with E-state index in [1.54, 1.807) is 10.6 Å². The predicted octanol–water partition coefficient (Wildman–Crippen LogP) is 9.75. The Hall–Kier alpha value is -0.840. The van der Waals surface area contributed by atoms with E-state index in [0.29, 0.717) is 35.5 Å².